The van der Waals surface area contributed by atoms with Crippen molar-refractivity contribution in [2.75, 3.05) is 6.01 Å². The standard InChI is InChI=1S/C17H11ClF3NO2S/c18-10-3-9(7-22)4-11(5-10)24-13-1-2-14(25-8-19)15-12(13)6-17(20,21)16(15)23/h1-5,16,23H,6,8H2. The number of halogens is 4. The zero-order valence-electron chi connectivity index (χ0n) is 12.6. The fraction of sp³-hybridized carbons (Fsp3) is 0.235. The van der Waals surface area contributed by atoms with Crippen molar-refractivity contribution in [1.29, 1.82) is 5.26 Å². The van der Waals surface area contributed by atoms with Crippen LogP contribution in [0.3, 0.4) is 0 Å². The Morgan fingerprint density at radius 3 is 2.80 bits per heavy atom. The van der Waals surface area contributed by atoms with Crippen LogP contribution in [0, 0.1) is 11.3 Å². The molecule has 130 valence electrons. The number of ether oxygens (including phenoxy) is 1. The van der Waals surface area contributed by atoms with Gasteiger partial charge < -0.3 is 9.84 Å². The maximum atomic E-state index is 14.0. The number of nitriles is 1. The highest BCUT2D eigenvalue weighted by molar-refractivity contribution is 7.99. The summed E-state index contributed by atoms with van der Waals surface area (Å²) in [5.41, 5.74) is 0.358. The van der Waals surface area contributed by atoms with Crippen molar-refractivity contribution in [2.24, 2.45) is 0 Å². The van der Waals surface area contributed by atoms with E-state index in [1.807, 2.05) is 6.07 Å². The Balaban J connectivity index is 2.05. The van der Waals surface area contributed by atoms with E-state index in [1.165, 1.54) is 30.3 Å². The molecule has 0 aromatic heterocycles. The van der Waals surface area contributed by atoms with E-state index in [-0.39, 0.29) is 38.1 Å². The second kappa shape index (κ2) is 6.79. The first-order chi connectivity index (χ1) is 11.9. The highest BCUT2D eigenvalue weighted by Gasteiger charge is 2.49. The van der Waals surface area contributed by atoms with Crippen LogP contribution in [0.25, 0.3) is 0 Å². The van der Waals surface area contributed by atoms with Crippen molar-refractivity contribution >= 4 is 23.4 Å². The summed E-state index contributed by atoms with van der Waals surface area (Å²) in [6, 6.07) is 8.31. The number of thioether (sulfide) groups is 1. The summed E-state index contributed by atoms with van der Waals surface area (Å²) >= 11 is 6.64. The molecule has 1 N–H and O–H groups in total. The smallest absolute Gasteiger partial charge is 0.281 e. The van der Waals surface area contributed by atoms with E-state index in [1.54, 1.807) is 0 Å². The number of nitrogens with zero attached hydrogens (tertiary/aromatic N) is 1. The maximum absolute atomic E-state index is 14.0. The molecule has 1 unspecified atom stereocenters. The van der Waals surface area contributed by atoms with Crippen LogP contribution in [0.15, 0.2) is 35.2 Å². The van der Waals surface area contributed by atoms with E-state index >= 15 is 0 Å². The highest BCUT2D eigenvalue weighted by atomic mass is 35.5. The van der Waals surface area contributed by atoms with Crippen LogP contribution < -0.4 is 4.74 Å². The molecule has 0 fully saturated rings. The molecule has 3 rings (SSSR count). The third-order valence-electron chi connectivity index (χ3n) is 3.80. The minimum atomic E-state index is -3.36. The molecule has 1 aliphatic carbocycles. The Morgan fingerprint density at radius 1 is 1.36 bits per heavy atom. The van der Waals surface area contributed by atoms with Gasteiger partial charge in [0.15, 0.2) is 0 Å². The van der Waals surface area contributed by atoms with E-state index in [9.17, 15) is 18.3 Å². The van der Waals surface area contributed by atoms with E-state index in [2.05, 4.69) is 0 Å². The summed E-state index contributed by atoms with van der Waals surface area (Å²) < 4.78 is 46.3. The predicted octanol–water partition coefficient (Wildman–Crippen LogP) is 5.25. The van der Waals surface area contributed by atoms with Crippen molar-refractivity contribution < 1.29 is 23.0 Å². The second-order valence-electron chi connectivity index (χ2n) is 5.44. The average molecular weight is 386 g/mol. The molecule has 8 heteroatoms. The molecule has 0 saturated heterocycles. The lowest BCUT2D eigenvalue weighted by molar-refractivity contribution is -0.0976. The molecule has 0 saturated carbocycles. The molecule has 2 aromatic rings. The van der Waals surface area contributed by atoms with Gasteiger partial charge in [0.25, 0.3) is 5.92 Å². The molecular weight excluding hydrogens is 375 g/mol. The van der Waals surface area contributed by atoms with Crippen molar-refractivity contribution in [2.45, 2.75) is 23.3 Å². The third-order valence-corrected chi connectivity index (χ3v) is 4.79. The van der Waals surface area contributed by atoms with E-state index in [0.29, 0.717) is 0 Å². The normalized spacial score (nSPS) is 17.8. The van der Waals surface area contributed by atoms with Gasteiger partial charge >= 0.3 is 0 Å². The summed E-state index contributed by atoms with van der Waals surface area (Å²) in [7, 11) is 0. The highest BCUT2D eigenvalue weighted by Crippen LogP contribution is 2.50. The van der Waals surface area contributed by atoms with Gasteiger partial charge in [-0.3, -0.25) is 0 Å². The Morgan fingerprint density at radius 2 is 2.12 bits per heavy atom. The number of rotatable bonds is 4. The molecule has 0 radical (unpaired) electrons. The molecule has 0 aliphatic heterocycles. The van der Waals surface area contributed by atoms with Gasteiger partial charge in [-0.1, -0.05) is 23.4 Å². The number of alkyl halides is 3. The fourth-order valence-corrected chi connectivity index (χ4v) is 3.64. The van der Waals surface area contributed by atoms with Crippen molar-refractivity contribution in [3.63, 3.8) is 0 Å². The molecule has 0 spiro atoms. The monoisotopic (exact) mass is 385 g/mol. The average Bonchev–Trinajstić information content (AvgIpc) is 2.80. The van der Waals surface area contributed by atoms with Gasteiger partial charge in [-0.05, 0) is 30.3 Å². The van der Waals surface area contributed by atoms with Gasteiger partial charge in [-0.15, -0.1) is 0 Å². The summed E-state index contributed by atoms with van der Waals surface area (Å²) in [5, 5.41) is 19.2. The molecule has 1 atom stereocenters. The fourth-order valence-electron chi connectivity index (χ4n) is 2.74. The molecular formula is C17H11ClF3NO2S. The number of benzene rings is 2. The van der Waals surface area contributed by atoms with Crippen LogP contribution >= 0.6 is 23.4 Å². The SMILES string of the molecule is N#Cc1cc(Cl)cc(Oc2ccc(SCF)c3c2CC(F)(F)C3O)c1. The second-order valence-corrected chi connectivity index (χ2v) is 6.82. The number of hydrogen-bond donors (Lipinski definition) is 1. The van der Waals surface area contributed by atoms with Crippen LogP contribution in [0.5, 0.6) is 11.5 Å². The van der Waals surface area contributed by atoms with Crippen molar-refractivity contribution in [3.05, 3.63) is 52.0 Å². The summed E-state index contributed by atoms with van der Waals surface area (Å²) in [5.74, 6) is -3.04. The van der Waals surface area contributed by atoms with Gasteiger partial charge in [0.1, 0.15) is 23.6 Å². The molecule has 0 amide bonds. The third kappa shape index (κ3) is 3.43. The summed E-state index contributed by atoms with van der Waals surface area (Å²) in [4.78, 5) is 0.248. The van der Waals surface area contributed by atoms with Crippen LogP contribution in [-0.2, 0) is 6.42 Å². The van der Waals surface area contributed by atoms with Gasteiger partial charge in [-0.25, -0.2) is 13.2 Å². The molecule has 0 heterocycles. The Labute approximate surface area is 151 Å². The number of aliphatic hydroxyl groups is 1. The lowest BCUT2D eigenvalue weighted by atomic mass is 10.1. The van der Waals surface area contributed by atoms with Gasteiger partial charge in [-0.2, -0.15) is 5.26 Å². The van der Waals surface area contributed by atoms with Crippen LogP contribution in [-0.4, -0.2) is 17.0 Å². The minimum Gasteiger partial charge on any atom is -0.457 e. The van der Waals surface area contributed by atoms with Crippen molar-refractivity contribution in [1.82, 2.24) is 0 Å². The molecule has 0 bridgehead atoms. The Kier molecular flexibility index (Phi) is 4.87. The zero-order chi connectivity index (χ0) is 18.2. The zero-order valence-corrected chi connectivity index (χ0v) is 14.2. The van der Waals surface area contributed by atoms with Crippen molar-refractivity contribution in [3.8, 4) is 17.6 Å². The Hall–Kier alpha value is -1.88. The largest absolute Gasteiger partial charge is 0.457 e. The lowest BCUT2D eigenvalue weighted by Gasteiger charge is -2.15. The molecule has 2 aromatic carbocycles. The number of hydrogen-bond acceptors (Lipinski definition) is 4. The molecule has 1 aliphatic rings. The first-order valence-corrected chi connectivity index (χ1v) is 8.51. The van der Waals surface area contributed by atoms with E-state index in [4.69, 9.17) is 21.6 Å². The van der Waals surface area contributed by atoms with Crippen LogP contribution in [0.4, 0.5) is 13.2 Å². The summed E-state index contributed by atoms with van der Waals surface area (Å²) in [6.45, 7) is 0. The first-order valence-electron chi connectivity index (χ1n) is 7.14. The van der Waals surface area contributed by atoms with Crippen LogP contribution in [0.2, 0.25) is 5.02 Å². The van der Waals surface area contributed by atoms with Gasteiger partial charge in [0.05, 0.1) is 11.6 Å². The van der Waals surface area contributed by atoms with Crippen LogP contribution in [0.1, 0.15) is 22.8 Å². The van der Waals surface area contributed by atoms with Gasteiger partial charge in [0, 0.05) is 27.5 Å². The number of aliphatic hydroxyl groups excluding tert-OH is 1. The number of fused-ring (bicyclic) bond motifs is 1. The molecule has 3 nitrogen and oxygen atoms in total. The minimum absolute atomic E-state index is 0.0207. The first kappa shape index (κ1) is 17.9. The quantitative estimate of drug-likeness (QED) is 0.730. The Bertz CT molecular complexity index is 870. The topological polar surface area (TPSA) is 53.2 Å². The summed E-state index contributed by atoms with van der Waals surface area (Å²) in [6.07, 6.45) is -2.74. The van der Waals surface area contributed by atoms with E-state index in [0.717, 1.165) is 11.8 Å². The predicted molar refractivity (Wildman–Crippen MR) is 88.1 cm³/mol. The van der Waals surface area contributed by atoms with Gasteiger partial charge in [0.2, 0.25) is 0 Å². The maximum Gasteiger partial charge on any atom is 0.281 e. The lowest BCUT2D eigenvalue weighted by Crippen LogP contribution is -2.21. The van der Waals surface area contributed by atoms with E-state index < -0.39 is 24.5 Å². The molecule has 25 heavy (non-hydrogen) atoms.